The second-order valence-electron chi connectivity index (χ2n) is 5.93. The molecular formula is C19H21ClFNO2. The van der Waals surface area contributed by atoms with E-state index in [0.29, 0.717) is 24.3 Å². The molecule has 1 N–H and O–H groups in total. The van der Waals surface area contributed by atoms with Crippen LogP contribution < -0.4 is 10.1 Å². The van der Waals surface area contributed by atoms with E-state index in [9.17, 15) is 4.39 Å². The van der Waals surface area contributed by atoms with Gasteiger partial charge in [-0.1, -0.05) is 23.7 Å². The van der Waals surface area contributed by atoms with Gasteiger partial charge in [-0.3, -0.25) is 0 Å². The highest BCUT2D eigenvalue weighted by Crippen LogP contribution is 2.24. The third kappa shape index (κ3) is 4.94. The Balaban J connectivity index is 1.58. The third-order valence-electron chi connectivity index (χ3n) is 4.04. The van der Waals surface area contributed by atoms with Crippen molar-refractivity contribution < 1.29 is 13.9 Å². The normalized spacial score (nSPS) is 17.2. The smallest absolute Gasteiger partial charge is 0.124 e. The summed E-state index contributed by atoms with van der Waals surface area (Å²) in [5.41, 5.74) is 1.92. The SMILES string of the molecule is Fc1ccc(COc2ccc(Cl)cc2CNC[C@H]2CCCO2)cc1. The lowest BCUT2D eigenvalue weighted by Crippen LogP contribution is -2.26. The second kappa shape index (κ2) is 8.47. The number of halogens is 2. The Labute approximate surface area is 146 Å². The minimum absolute atomic E-state index is 0.246. The van der Waals surface area contributed by atoms with Crippen LogP contribution >= 0.6 is 11.6 Å². The van der Waals surface area contributed by atoms with Crippen LogP contribution in [0.15, 0.2) is 42.5 Å². The molecule has 1 fully saturated rings. The molecule has 128 valence electrons. The van der Waals surface area contributed by atoms with E-state index < -0.39 is 0 Å². The lowest BCUT2D eigenvalue weighted by molar-refractivity contribution is 0.110. The standard InChI is InChI=1S/C19H21ClFNO2/c20-16-5-8-19(24-13-14-3-6-17(21)7-4-14)15(10-16)11-22-12-18-2-1-9-23-18/h3-8,10,18,22H,1-2,9,11-13H2/t18-/m1/s1. The van der Waals surface area contributed by atoms with E-state index in [1.165, 1.54) is 12.1 Å². The first-order valence-electron chi connectivity index (χ1n) is 8.19. The molecule has 0 spiro atoms. The monoisotopic (exact) mass is 349 g/mol. The van der Waals surface area contributed by atoms with Crippen molar-refractivity contribution in [3.63, 3.8) is 0 Å². The van der Waals surface area contributed by atoms with Crippen LogP contribution in [0.2, 0.25) is 5.02 Å². The highest BCUT2D eigenvalue weighted by molar-refractivity contribution is 6.30. The molecule has 1 atom stereocenters. The fourth-order valence-electron chi connectivity index (χ4n) is 2.74. The largest absolute Gasteiger partial charge is 0.489 e. The van der Waals surface area contributed by atoms with Gasteiger partial charge in [-0.15, -0.1) is 0 Å². The Morgan fingerprint density at radius 3 is 2.79 bits per heavy atom. The quantitative estimate of drug-likeness (QED) is 0.807. The fraction of sp³-hybridized carbons (Fsp3) is 0.368. The van der Waals surface area contributed by atoms with Crippen LogP contribution in [0.5, 0.6) is 5.75 Å². The maximum atomic E-state index is 13.0. The summed E-state index contributed by atoms with van der Waals surface area (Å²) in [5, 5.41) is 4.08. The molecule has 24 heavy (non-hydrogen) atoms. The van der Waals surface area contributed by atoms with Crippen molar-refractivity contribution in [3.05, 3.63) is 64.4 Å². The summed E-state index contributed by atoms with van der Waals surface area (Å²) in [6.07, 6.45) is 2.54. The number of nitrogens with one attached hydrogen (secondary N) is 1. The van der Waals surface area contributed by atoms with Crippen molar-refractivity contribution in [1.82, 2.24) is 5.32 Å². The Morgan fingerprint density at radius 1 is 1.21 bits per heavy atom. The maximum absolute atomic E-state index is 13.0. The Kier molecular flexibility index (Phi) is 6.07. The molecular weight excluding hydrogens is 329 g/mol. The molecule has 0 radical (unpaired) electrons. The summed E-state index contributed by atoms with van der Waals surface area (Å²) >= 11 is 6.11. The third-order valence-corrected chi connectivity index (χ3v) is 4.28. The van der Waals surface area contributed by atoms with Gasteiger partial charge in [0.15, 0.2) is 0 Å². The number of benzene rings is 2. The van der Waals surface area contributed by atoms with Crippen LogP contribution in [0.4, 0.5) is 4.39 Å². The molecule has 3 nitrogen and oxygen atoms in total. The van der Waals surface area contributed by atoms with E-state index in [2.05, 4.69) is 5.32 Å². The van der Waals surface area contributed by atoms with Gasteiger partial charge in [0.2, 0.25) is 0 Å². The van der Waals surface area contributed by atoms with E-state index in [0.717, 1.165) is 42.9 Å². The molecule has 0 aromatic heterocycles. The zero-order chi connectivity index (χ0) is 16.8. The molecule has 5 heteroatoms. The van der Waals surface area contributed by atoms with Crippen LogP contribution in [0, 0.1) is 5.82 Å². The predicted molar refractivity (Wildman–Crippen MR) is 92.9 cm³/mol. The van der Waals surface area contributed by atoms with E-state index >= 15 is 0 Å². The Bertz CT molecular complexity index is 657. The van der Waals surface area contributed by atoms with Gasteiger partial charge in [0, 0.05) is 30.3 Å². The maximum Gasteiger partial charge on any atom is 0.124 e. The van der Waals surface area contributed by atoms with Crippen molar-refractivity contribution >= 4 is 11.6 Å². The van der Waals surface area contributed by atoms with Crippen LogP contribution in [0.25, 0.3) is 0 Å². The molecule has 0 unspecified atom stereocenters. The van der Waals surface area contributed by atoms with E-state index in [1.807, 2.05) is 18.2 Å². The van der Waals surface area contributed by atoms with Gasteiger partial charge >= 0.3 is 0 Å². The second-order valence-corrected chi connectivity index (χ2v) is 6.37. The molecule has 2 aromatic carbocycles. The summed E-state index contributed by atoms with van der Waals surface area (Å²) in [6.45, 7) is 2.74. The lowest BCUT2D eigenvalue weighted by atomic mass is 10.2. The van der Waals surface area contributed by atoms with Gasteiger partial charge in [0.25, 0.3) is 0 Å². The van der Waals surface area contributed by atoms with Crippen molar-refractivity contribution in [2.45, 2.75) is 32.1 Å². The summed E-state index contributed by atoms with van der Waals surface area (Å²) in [5.74, 6) is 0.535. The van der Waals surface area contributed by atoms with Crippen LogP contribution in [0.1, 0.15) is 24.0 Å². The van der Waals surface area contributed by atoms with Crippen molar-refractivity contribution in [3.8, 4) is 5.75 Å². The Morgan fingerprint density at radius 2 is 2.04 bits per heavy atom. The average Bonchev–Trinajstić information content (AvgIpc) is 3.09. The molecule has 3 rings (SSSR count). The number of hydrogen-bond acceptors (Lipinski definition) is 3. The zero-order valence-corrected chi connectivity index (χ0v) is 14.2. The van der Waals surface area contributed by atoms with Crippen molar-refractivity contribution in [1.29, 1.82) is 0 Å². The van der Waals surface area contributed by atoms with Crippen LogP contribution in [-0.2, 0) is 17.9 Å². The molecule has 2 aromatic rings. The van der Waals surface area contributed by atoms with Crippen LogP contribution in [0.3, 0.4) is 0 Å². The molecule has 1 heterocycles. The molecule has 0 bridgehead atoms. The summed E-state index contributed by atoms with van der Waals surface area (Å²) < 4.78 is 24.4. The minimum atomic E-state index is -0.246. The zero-order valence-electron chi connectivity index (χ0n) is 13.4. The molecule has 1 saturated heterocycles. The van der Waals surface area contributed by atoms with Crippen LogP contribution in [-0.4, -0.2) is 19.3 Å². The molecule has 1 aliphatic heterocycles. The topological polar surface area (TPSA) is 30.5 Å². The average molecular weight is 350 g/mol. The number of ether oxygens (including phenoxy) is 2. The summed E-state index contributed by atoms with van der Waals surface area (Å²) in [4.78, 5) is 0. The van der Waals surface area contributed by atoms with E-state index in [-0.39, 0.29) is 5.82 Å². The summed E-state index contributed by atoms with van der Waals surface area (Å²) in [6, 6.07) is 11.9. The number of hydrogen-bond donors (Lipinski definition) is 1. The van der Waals surface area contributed by atoms with Gasteiger partial charge < -0.3 is 14.8 Å². The molecule has 0 amide bonds. The summed E-state index contributed by atoms with van der Waals surface area (Å²) in [7, 11) is 0. The first-order valence-corrected chi connectivity index (χ1v) is 8.56. The highest BCUT2D eigenvalue weighted by atomic mass is 35.5. The van der Waals surface area contributed by atoms with Gasteiger partial charge in [-0.05, 0) is 48.7 Å². The highest BCUT2D eigenvalue weighted by Gasteiger charge is 2.15. The molecule has 0 aliphatic carbocycles. The van der Waals surface area contributed by atoms with Crippen molar-refractivity contribution in [2.75, 3.05) is 13.2 Å². The molecule has 1 aliphatic rings. The lowest BCUT2D eigenvalue weighted by Gasteiger charge is -2.15. The van der Waals surface area contributed by atoms with Crippen molar-refractivity contribution in [2.24, 2.45) is 0 Å². The molecule has 0 saturated carbocycles. The first kappa shape index (κ1) is 17.2. The van der Waals surface area contributed by atoms with E-state index in [4.69, 9.17) is 21.1 Å². The first-order chi connectivity index (χ1) is 11.7. The van der Waals surface area contributed by atoms with Gasteiger partial charge in [0.1, 0.15) is 18.2 Å². The van der Waals surface area contributed by atoms with E-state index in [1.54, 1.807) is 12.1 Å². The predicted octanol–water partition coefficient (Wildman–Crippen LogP) is 4.33. The van der Waals surface area contributed by atoms with Gasteiger partial charge in [-0.25, -0.2) is 4.39 Å². The van der Waals surface area contributed by atoms with Gasteiger partial charge in [0.05, 0.1) is 6.10 Å². The Hall–Kier alpha value is -1.62. The number of rotatable bonds is 7. The minimum Gasteiger partial charge on any atom is -0.489 e. The fourth-order valence-corrected chi connectivity index (χ4v) is 2.94. The van der Waals surface area contributed by atoms with Gasteiger partial charge in [-0.2, -0.15) is 0 Å².